The molecule has 0 aliphatic carbocycles. The Morgan fingerprint density at radius 3 is 2.59 bits per heavy atom. The van der Waals surface area contributed by atoms with Gasteiger partial charge in [0.1, 0.15) is 13.3 Å². The van der Waals surface area contributed by atoms with Crippen LogP contribution in [-0.4, -0.2) is 63.2 Å². The van der Waals surface area contributed by atoms with E-state index in [1.165, 1.54) is 18.4 Å². The number of ether oxygens (including phenoxy) is 3. The third kappa shape index (κ3) is 5.51. The van der Waals surface area contributed by atoms with Crippen LogP contribution in [0.2, 0.25) is 0 Å². The molecule has 0 N–H and O–H groups in total. The number of halogens is 1. The van der Waals surface area contributed by atoms with E-state index in [4.69, 9.17) is 14.2 Å². The average Bonchev–Trinajstić information content (AvgIpc) is 2.97. The quantitative estimate of drug-likeness (QED) is 0.620. The second kappa shape index (κ2) is 9.71. The number of nitrogens with zero attached hydrogens (tertiary/aromatic N) is 2. The number of rotatable bonds is 10. The molecule has 2 rings (SSSR count). The summed E-state index contributed by atoms with van der Waals surface area (Å²) >= 11 is 0. The molecule has 1 saturated heterocycles. The van der Waals surface area contributed by atoms with Crippen molar-refractivity contribution in [1.29, 1.82) is 0 Å². The Morgan fingerprint density at radius 1 is 1.18 bits per heavy atom. The summed E-state index contributed by atoms with van der Waals surface area (Å²) in [7, 11) is 2.15. The smallest absolute Gasteiger partial charge is 0.213 e. The second-order valence-corrected chi connectivity index (χ2v) is 5.33. The van der Waals surface area contributed by atoms with Crippen molar-refractivity contribution < 1.29 is 18.6 Å². The zero-order chi connectivity index (χ0) is 15.6. The molecule has 2 heterocycles. The first kappa shape index (κ1) is 17.1. The molecule has 6 heteroatoms. The largest absolute Gasteiger partial charge is 0.475 e. The molecule has 124 valence electrons. The number of likely N-dealkylation sites (tertiary alicyclic amines) is 1. The summed E-state index contributed by atoms with van der Waals surface area (Å²) < 4.78 is 27.6. The van der Waals surface area contributed by atoms with Gasteiger partial charge >= 0.3 is 0 Å². The van der Waals surface area contributed by atoms with Gasteiger partial charge in [0.25, 0.3) is 0 Å². The topological polar surface area (TPSA) is 43.8 Å². The fourth-order valence-electron chi connectivity index (χ4n) is 2.59. The summed E-state index contributed by atoms with van der Waals surface area (Å²) in [4.78, 5) is 6.70. The molecule has 0 spiro atoms. The maximum atomic E-state index is 11.8. The Bertz CT molecular complexity index is 416. The Balaban J connectivity index is 1.60. The Labute approximate surface area is 131 Å². The summed E-state index contributed by atoms with van der Waals surface area (Å²) in [5.74, 6) is 0.613. The van der Waals surface area contributed by atoms with Gasteiger partial charge in [0.05, 0.1) is 26.4 Å². The van der Waals surface area contributed by atoms with Crippen molar-refractivity contribution in [2.75, 3.05) is 53.3 Å². The van der Waals surface area contributed by atoms with Crippen LogP contribution in [0.4, 0.5) is 4.39 Å². The average molecular weight is 312 g/mol. The van der Waals surface area contributed by atoms with Crippen molar-refractivity contribution in [3.05, 3.63) is 23.9 Å². The number of alkyl halides is 1. The van der Waals surface area contributed by atoms with Crippen molar-refractivity contribution >= 4 is 0 Å². The standard InChI is InChI=1S/C16H25FN2O3/c1-19-7-2-3-15(19)14-4-5-16(18-13-14)22-12-11-21-10-9-20-8-6-17/h4-5,13,15H,2-3,6-12H2,1H3/t15-/m0/s1. The van der Waals surface area contributed by atoms with Crippen molar-refractivity contribution in [2.24, 2.45) is 0 Å². The summed E-state index contributed by atoms with van der Waals surface area (Å²) in [5, 5.41) is 0. The minimum absolute atomic E-state index is 0.131. The van der Waals surface area contributed by atoms with Gasteiger partial charge in [0.2, 0.25) is 5.88 Å². The van der Waals surface area contributed by atoms with Crippen molar-refractivity contribution in [2.45, 2.75) is 18.9 Å². The monoisotopic (exact) mass is 312 g/mol. The van der Waals surface area contributed by atoms with E-state index in [1.54, 1.807) is 0 Å². The van der Waals surface area contributed by atoms with Crippen LogP contribution in [0.25, 0.3) is 0 Å². The lowest BCUT2D eigenvalue weighted by atomic mass is 10.1. The summed E-state index contributed by atoms with van der Waals surface area (Å²) in [6.07, 6.45) is 4.33. The summed E-state index contributed by atoms with van der Waals surface area (Å²) in [5.41, 5.74) is 1.24. The Morgan fingerprint density at radius 2 is 1.95 bits per heavy atom. The lowest BCUT2D eigenvalue weighted by Crippen LogP contribution is -2.17. The van der Waals surface area contributed by atoms with Crippen LogP contribution in [0.15, 0.2) is 18.3 Å². The highest BCUT2D eigenvalue weighted by Crippen LogP contribution is 2.30. The van der Waals surface area contributed by atoms with Crippen LogP contribution in [-0.2, 0) is 9.47 Å². The molecule has 1 aromatic rings. The molecule has 5 nitrogen and oxygen atoms in total. The van der Waals surface area contributed by atoms with Gasteiger partial charge in [-0.25, -0.2) is 9.37 Å². The van der Waals surface area contributed by atoms with Gasteiger partial charge in [-0.3, -0.25) is 4.90 Å². The van der Waals surface area contributed by atoms with Crippen LogP contribution < -0.4 is 4.74 Å². The van der Waals surface area contributed by atoms with Crippen molar-refractivity contribution in [1.82, 2.24) is 9.88 Å². The number of aromatic nitrogens is 1. The van der Waals surface area contributed by atoms with E-state index >= 15 is 0 Å². The zero-order valence-corrected chi connectivity index (χ0v) is 13.2. The summed E-state index contributed by atoms with van der Waals surface area (Å²) in [6, 6.07) is 4.47. The van der Waals surface area contributed by atoms with Crippen molar-refractivity contribution in [3.8, 4) is 5.88 Å². The molecule has 1 atom stereocenters. The first-order chi connectivity index (χ1) is 10.8. The van der Waals surface area contributed by atoms with Crippen LogP contribution >= 0.6 is 0 Å². The highest BCUT2D eigenvalue weighted by Gasteiger charge is 2.22. The molecule has 22 heavy (non-hydrogen) atoms. The van der Waals surface area contributed by atoms with E-state index in [-0.39, 0.29) is 6.61 Å². The molecule has 0 radical (unpaired) electrons. The Kier molecular flexibility index (Phi) is 7.56. The molecule has 0 aromatic carbocycles. The predicted octanol–water partition coefficient (Wildman–Crippen LogP) is 2.23. The minimum Gasteiger partial charge on any atom is -0.475 e. The number of pyridine rings is 1. The molecule has 1 aliphatic heterocycles. The maximum absolute atomic E-state index is 11.8. The van der Waals surface area contributed by atoms with Crippen LogP contribution in [0.5, 0.6) is 5.88 Å². The molecular weight excluding hydrogens is 287 g/mol. The Hall–Kier alpha value is -1.24. The van der Waals surface area contributed by atoms with Gasteiger partial charge in [-0.1, -0.05) is 6.07 Å². The first-order valence-electron chi connectivity index (χ1n) is 7.81. The van der Waals surface area contributed by atoms with Crippen LogP contribution in [0.3, 0.4) is 0 Å². The van der Waals surface area contributed by atoms with E-state index in [1.807, 2.05) is 12.3 Å². The highest BCUT2D eigenvalue weighted by molar-refractivity contribution is 5.21. The molecule has 1 aromatic heterocycles. The van der Waals surface area contributed by atoms with Crippen LogP contribution in [0.1, 0.15) is 24.4 Å². The van der Waals surface area contributed by atoms with Gasteiger partial charge in [0, 0.05) is 18.3 Å². The molecule has 0 saturated carbocycles. The van der Waals surface area contributed by atoms with E-state index in [2.05, 4.69) is 23.0 Å². The first-order valence-corrected chi connectivity index (χ1v) is 7.81. The van der Waals surface area contributed by atoms with Gasteiger partial charge in [-0.05, 0) is 32.0 Å². The zero-order valence-electron chi connectivity index (χ0n) is 13.2. The van der Waals surface area contributed by atoms with Crippen molar-refractivity contribution in [3.63, 3.8) is 0 Å². The number of hydrogen-bond acceptors (Lipinski definition) is 5. The minimum atomic E-state index is -0.457. The molecule has 1 fully saturated rings. The molecule has 0 unspecified atom stereocenters. The van der Waals surface area contributed by atoms with Gasteiger partial charge < -0.3 is 14.2 Å². The van der Waals surface area contributed by atoms with E-state index in [9.17, 15) is 4.39 Å². The second-order valence-electron chi connectivity index (χ2n) is 5.33. The fourth-order valence-corrected chi connectivity index (χ4v) is 2.59. The van der Waals surface area contributed by atoms with Gasteiger partial charge in [-0.15, -0.1) is 0 Å². The van der Waals surface area contributed by atoms with Crippen LogP contribution in [0, 0.1) is 0 Å². The molecule has 1 aliphatic rings. The SMILES string of the molecule is CN1CCC[C@H]1c1ccc(OCCOCCOCCF)nc1. The van der Waals surface area contributed by atoms with Gasteiger partial charge in [0.15, 0.2) is 0 Å². The molecular formula is C16H25FN2O3. The summed E-state index contributed by atoms with van der Waals surface area (Å²) in [6.45, 7) is 2.59. The highest BCUT2D eigenvalue weighted by atomic mass is 19.1. The molecule has 0 bridgehead atoms. The fraction of sp³-hybridized carbons (Fsp3) is 0.688. The van der Waals surface area contributed by atoms with Gasteiger partial charge in [-0.2, -0.15) is 0 Å². The van der Waals surface area contributed by atoms with E-state index in [0.29, 0.717) is 38.3 Å². The molecule has 0 amide bonds. The predicted molar refractivity (Wildman–Crippen MR) is 82.0 cm³/mol. The number of hydrogen-bond donors (Lipinski definition) is 0. The lowest BCUT2D eigenvalue weighted by molar-refractivity contribution is 0.0320. The van der Waals surface area contributed by atoms with E-state index in [0.717, 1.165) is 6.54 Å². The van der Waals surface area contributed by atoms with E-state index < -0.39 is 6.67 Å². The lowest BCUT2D eigenvalue weighted by Gasteiger charge is -2.19. The normalized spacial score (nSPS) is 18.7. The maximum Gasteiger partial charge on any atom is 0.213 e. The third-order valence-electron chi connectivity index (χ3n) is 3.74. The third-order valence-corrected chi connectivity index (χ3v) is 3.74.